The van der Waals surface area contributed by atoms with Gasteiger partial charge in [-0.25, -0.2) is 0 Å². The highest BCUT2D eigenvalue weighted by molar-refractivity contribution is 8.18. The maximum absolute atomic E-state index is 12.5. The summed E-state index contributed by atoms with van der Waals surface area (Å²) in [5.74, 6) is -0.218. The molecule has 1 heterocycles. The summed E-state index contributed by atoms with van der Waals surface area (Å²) in [5.41, 5.74) is 4.13. The summed E-state index contributed by atoms with van der Waals surface area (Å²) in [6.45, 7) is 4.30. The van der Waals surface area contributed by atoms with Gasteiger partial charge in [0.15, 0.2) is 0 Å². The zero-order valence-corrected chi connectivity index (χ0v) is 13.9. The lowest BCUT2D eigenvalue weighted by molar-refractivity contribution is -0.123. The Morgan fingerprint density at radius 2 is 1.83 bits per heavy atom. The van der Waals surface area contributed by atoms with Gasteiger partial charge in [-0.3, -0.25) is 14.5 Å². The van der Waals surface area contributed by atoms with Crippen LogP contribution in [0.5, 0.6) is 0 Å². The van der Waals surface area contributed by atoms with E-state index in [4.69, 9.17) is 0 Å². The largest absolute Gasteiger partial charge is 0.293 e. The van der Waals surface area contributed by atoms with Gasteiger partial charge in [-0.2, -0.15) is 0 Å². The van der Waals surface area contributed by atoms with Gasteiger partial charge in [0.05, 0.1) is 11.4 Å². The smallest absolute Gasteiger partial charge is 0.268 e. The van der Waals surface area contributed by atoms with Gasteiger partial charge in [0.2, 0.25) is 0 Å². The zero-order valence-electron chi connectivity index (χ0n) is 13.1. The van der Waals surface area contributed by atoms with Crippen LogP contribution in [0.15, 0.2) is 53.4 Å². The number of carbonyl (C=O) groups excluding carboxylic acids is 2. The van der Waals surface area contributed by atoms with Crippen LogP contribution in [-0.4, -0.2) is 16.0 Å². The SMILES string of the molecule is Cc1cccc(CN2C(=O)S/C(=C\c3ccccc3C)C2=O)c1. The number of imide groups is 1. The average Bonchev–Trinajstić information content (AvgIpc) is 2.77. The molecule has 23 heavy (non-hydrogen) atoms. The van der Waals surface area contributed by atoms with Gasteiger partial charge in [-0.15, -0.1) is 0 Å². The molecule has 0 radical (unpaired) electrons. The van der Waals surface area contributed by atoms with Gasteiger partial charge < -0.3 is 0 Å². The van der Waals surface area contributed by atoms with Crippen molar-refractivity contribution in [2.75, 3.05) is 0 Å². The molecule has 1 aliphatic rings. The summed E-state index contributed by atoms with van der Waals surface area (Å²) in [6, 6.07) is 15.7. The molecule has 1 fully saturated rings. The quantitative estimate of drug-likeness (QED) is 0.778. The van der Waals surface area contributed by atoms with Crippen molar-refractivity contribution in [2.45, 2.75) is 20.4 Å². The first kappa shape index (κ1) is 15.6. The number of amides is 2. The van der Waals surface area contributed by atoms with E-state index in [1.165, 1.54) is 4.90 Å². The molecule has 2 aromatic carbocycles. The Hall–Kier alpha value is -2.33. The summed E-state index contributed by atoms with van der Waals surface area (Å²) in [7, 11) is 0. The van der Waals surface area contributed by atoms with E-state index in [2.05, 4.69) is 0 Å². The summed E-state index contributed by atoms with van der Waals surface area (Å²) in [6.07, 6.45) is 1.80. The minimum absolute atomic E-state index is 0.212. The minimum Gasteiger partial charge on any atom is -0.268 e. The van der Waals surface area contributed by atoms with Crippen LogP contribution in [0, 0.1) is 13.8 Å². The normalized spacial score (nSPS) is 16.4. The molecule has 3 nitrogen and oxygen atoms in total. The maximum Gasteiger partial charge on any atom is 0.293 e. The number of benzene rings is 2. The summed E-state index contributed by atoms with van der Waals surface area (Å²) < 4.78 is 0. The molecule has 0 unspecified atom stereocenters. The van der Waals surface area contributed by atoms with Crippen LogP contribution in [0.2, 0.25) is 0 Å². The lowest BCUT2D eigenvalue weighted by atomic mass is 10.1. The molecule has 2 aromatic rings. The van der Waals surface area contributed by atoms with E-state index in [9.17, 15) is 9.59 Å². The number of aryl methyl sites for hydroxylation is 2. The number of rotatable bonds is 3. The molecule has 2 amide bonds. The molecule has 0 aromatic heterocycles. The third-order valence-corrected chi connectivity index (χ3v) is 4.68. The van der Waals surface area contributed by atoms with Crippen LogP contribution in [0.1, 0.15) is 22.3 Å². The Morgan fingerprint density at radius 1 is 1.04 bits per heavy atom. The van der Waals surface area contributed by atoms with E-state index in [1.54, 1.807) is 6.08 Å². The van der Waals surface area contributed by atoms with Gasteiger partial charge in [0.25, 0.3) is 11.1 Å². The van der Waals surface area contributed by atoms with Crippen molar-refractivity contribution in [3.8, 4) is 0 Å². The fraction of sp³-hybridized carbons (Fsp3) is 0.158. The molecule has 0 N–H and O–H groups in total. The number of nitrogens with zero attached hydrogens (tertiary/aromatic N) is 1. The van der Waals surface area contributed by atoms with E-state index in [0.29, 0.717) is 11.4 Å². The highest BCUT2D eigenvalue weighted by atomic mass is 32.2. The predicted molar refractivity (Wildman–Crippen MR) is 93.9 cm³/mol. The molecule has 0 bridgehead atoms. The Morgan fingerprint density at radius 3 is 2.57 bits per heavy atom. The Balaban J connectivity index is 1.84. The van der Waals surface area contributed by atoms with Crippen molar-refractivity contribution in [2.24, 2.45) is 0 Å². The Labute approximate surface area is 140 Å². The van der Waals surface area contributed by atoms with E-state index in [-0.39, 0.29) is 11.1 Å². The fourth-order valence-electron chi connectivity index (χ4n) is 2.52. The fourth-order valence-corrected chi connectivity index (χ4v) is 3.35. The van der Waals surface area contributed by atoms with Gasteiger partial charge in [0, 0.05) is 0 Å². The predicted octanol–water partition coefficient (Wildman–Crippen LogP) is 4.54. The maximum atomic E-state index is 12.5. The Kier molecular flexibility index (Phi) is 4.35. The summed E-state index contributed by atoms with van der Waals surface area (Å²) in [4.78, 5) is 26.5. The molecule has 0 saturated carbocycles. The third-order valence-electron chi connectivity index (χ3n) is 3.77. The zero-order chi connectivity index (χ0) is 16.4. The van der Waals surface area contributed by atoms with Crippen LogP contribution in [0.25, 0.3) is 6.08 Å². The van der Waals surface area contributed by atoms with Crippen molar-refractivity contribution < 1.29 is 9.59 Å². The number of hydrogen-bond acceptors (Lipinski definition) is 3. The van der Waals surface area contributed by atoms with Crippen molar-refractivity contribution in [3.05, 3.63) is 75.7 Å². The van der Waals surface area contributed by atoms with Crippen LogP contribution in [0.3, 0.4) is 0 Å². The van der Waals surface area contributed by atoms with Crippen molar-refractivity contribution >= 4 is 29.0 Å². The van der Waals surface area contributed by atoms with E-state index >= 15 is 0 Å². The lowest BCUT2D eigenvalue weighted by Gasteiger charge is -2.12. The van der Waals surface area contributed by atoms with Crippen LogP contribution >= 0.6 is 11.8 Å². The third kappa shape index (κ3) is 3.37. The molecule has 4 heteroatoms. The van der Waals surface area contributed by atoms with Crippen LogP contribution < -0.4 is 0 Å². The van der Waals surface area contributed by atoms with Gasteiger partial charge in [-0.1, -0.05) is 54.1 Å². The molecular formula is C19H17NO2S. The molecule has 1 aliphatic heterocycles. The second-order valence-electron chi connectivity index (χ2n) is 5.61. The van der Waals surface area contributed by atoms with Gasteiger partial charge in [0.1, 0.15) is 0 Å². The second-order valence-corrected chi connectivity index (χ2v) is 6.61. The first-order valence-electron chi connectivity index (χ1n) is 7.41. The first-order valence-corrected chi connectivity index (χ1v) is 8.23. The molecule has 3 rings (SSSR count). The highest BCUT2D eigenvalue weighted by Gasteiger charge is 2.35. The van der Waals surface area contributed by atoms with Crippen LogP contribution in [0.4, 0.5) is 4.79 Å². The molecule has 116 valence electrons. The van der Waals surface area contributed by atoms with Gasteiger partial charge >= 0.3 is 0 Å². The van der Waals surface area contributed by atoms with E-state index in [1.807, 2.05) is 62.4 Å². The first-order chi connectivity index (χ1) is 11.0. The van der Waals surface area contributed by atoms with E-state index in [0.717, 1.165) is 34.0 Å². The Bertz CT molecular complexity index is 811. The van der Waals surface area contributed by atoms with Gasteiger partial charge in [-0.05, 0) is 48.4 Å². The topological polar surface area (TPSA) is 37.4 Å². The standard InChI is InChI=1S/C19H17NO2S/c1-13-6-5-8-15(10-13)12-20-18(21)17(23-19(20)22)11-16-9-4-3-7-14(16)2/h3-11H,12H2,1-2H3/b17-11-. The molecular weight excluding hydrogens is 306 g/mol. The number of carbonyl (C=O) groups is 2. The monoisotopic (exact) mass is 323 g/mol. The second kappa shape index (κ2) is 6.42. The number of thioether (sulfide) groups is 1. The summed E-state index contributed by atoms with van der Waals surface area (Å²) >= 11 is 1.01. The molecule has 0 aliphatic carbocycles. The van der Waals surface area contributed by atoms with Crippen molar-refractivity contribution in [3.63, 3.8) is 0 Å². The van der Waals surface area contributed by atoms with Crippen molar-refractivity contribution in [1.29, 1.82) is 0 Å². The van der Waals surface area contributed by atoms with E-state index < -0.39 is 0 Å². The van der Waals surface area contributed by atoms with Crippen molar-refractivity contribution in [1.82, 2.24) is 4.90 Å². The minimum atomic E-state index is -0.218. The molecule has 0 atom stereocenters. The highest BCUT2D eigenvalue weighted by Crippen LogP contribution is 2.33. The average molecular weight is 323 g/mol. The summed E-state index contributed by atoms with van der Waals surface area (Å²) in [5, 5.41) is -0.212. The number of hydrogen-bond donors (Lipinski definition) is 0. The molecule has 1 saturated heterocycles. The van der Waals surface area contributed by atoms with Crippen LogP contribution in [-0.2, 0) is 11.3 Å². The lowest BCUT2D eigenvalue weighted by Crippen LogP contribution is -2.27. The molecule has 0 spiro atoms.